The number of likely N-dealkylation sites (N-methyl/N-ethyl adjacent to an activating group) is 1. The van der Waals surface area contributed by atoms with Gasteiger partial charge in [-0.25, -0.2) is 0 Å². The van der Waals surface area contributed by atoms with Crippen molar-refractivity contribution in [3.8, 4) is 0 Å². The summed E-state index contributed by atoms with van der Waals surface area (Å²) >= 11 is 0. The molecular formula is C17H25N3O2. The molecule has 2 heterocycles. The van der Waals surface area contributed by atoms with Crippen LogP contribution in [0.2, 0.25) is 0 Å². The van der Waals surface area contributed by atoms with Crippen molar-refractivity contribution in [1.82, 2.24) is 4.90 Å². The average Bonchev–Trinajstić information content (AvgIpc) is 2.96. The molecule has 0 aromatic heterocycles. The Balaban J connectivity index is 1.80. The van der Waals surface area contributed by atoms with Gasteiger partial charge in [-0.3, -0.25) is 4.79 Å². The molecule has 1 unspecified atom stereocenters. The smallest absolute Gasteiger partial charge is 0.252 e. The number of fused-ring (bicyclic) bond motifs is 1. The van der Waals surface area contributed by atoms with Gasteiger partial charge in [0.1, 0.15) is 6.10 Å². The minimum Gasteiger partial charge on any atom is -0.372 e. The van der Waals surface area contributed by atoms with Crippen LogP contribution in [0.15, 0.2) is 24.3 Å². The number of para-hydroxylation sites is 1. The number of nitrogens with two attached hydrogens (primary N) is 1. The first-order chi connectivity index (χ1) is 10.6. The molecule has 1 saturated heterocycles. The van der Waals surface area contributed by atoms with E-state index in [1.165, 1.54) is 11.3 Å². The molecule has 0 radical (unpaired) electrons. The second kappa shape index (κ2) is 6.26. The summed E-state index contributed by atoms with van der Waals surface area (Å²) in [6.45, 7) is 4.07. The quantitative estimate of drug-likeness (QED) is 0.896. The maximum absolute atomic E-state index is 12.9. The van der Waals surface area contributed by atoms with Crippen LogP contribution in [0.1, 0.15) is 25.3 Å². The van der Waals surface area contributed by atoms with Crippen LogP contribution < -0.4 is 10.6 Å². The van der Waals surface area contributed by atoms with E-state index in [-0.39, 0.29) is 24.2 Å². The summed E-state index contributed by atoms with van der Waals surface area (Å²) in [4.78, 5) is 17.1. The zero-order valence-electron chi connectivity index (χ0n) is 13.4. The Morgan fingerprint density at radius 2 is 2.14 bits per heavy atom. The zero-order chi connectivity index (χ0) is 15.7. The number of carbonyl (C=O) groups excluding carboxylic acids is 1. The molecule has 1 amide bonds. The summed E-state index contributed by atoms with van der Waals surface area (Å²) in [5.74, 6) is 0.105. The number of carbonyl (C=O) groups is 1. The van der Waals surface area contributed by atoms with Gasteiger partial charge in [-0.05, 0) is 31.4 Å². The lowest BCUT2D eigenvalue weighted by molar-refractivity contribution is -0.145. The molecule has 5 nitrogen and oxygen atoms in total. The summed E-state index contributed by atoms with van der Waals surface area (Å²) in [7, 11) is 2.08. The first-order valence-electron chi connectivity index (χ1n) is 8.05. The fourth-order valence-corrected chi connectivity index (χ4v) is 3.49. The van der Waals surface area contributed by atoms with Crippen molar-refractivity contribution in [1.29, 1.82) is 0 Å². The van der Waals surface area contributed by atoms with E-state index in [1.54, 1.807) is 0 Å². The number of ether oxygens (including phenoxy) is 1. The highest BCUT2D eigenvalue weighted by atomic mass is 16.5. The molecule has 2 aliphatic heterocycles. The van der Waals surface area contributed by atoms with E-state index in [2.05, 4.69) is 31.0 Å². The van der Waals surface area contributed by atoms with Crippen molar-refractivity contribution in [2.75, 3.05) is 25.0 Å². The van der Waals surface area contributed by atoms with Gasteiger partial charge in [-0.15, -0.1) is 0 Å². The number of rotatable bonds is 2. The molecule has 0 spiro atoms. The van der Waals surface area contributed by atoms with Gasteiger partial charge in [-0.1, -0.05) is 18.2 Å². The van der Waals surface area contributed by atoms with Gasteiger partial charge < -0.3 is 20.3 Å². The number of hydrogen-bond donors (Lipinski definition) is 1. The Bertz CT molecular complexity index is 548. The van der Waals surface area contributed by atoms with Crippen LogP contribution in [-0.4, -0.2) is 49.2 Å². The lowest BCUT2D eigenvalue weighted by Gasteiger charge is -2.30. The van der Waals surface area contributed by atoms with Crippen LogP contribution in [0.4, 0.5) is 5.69 Å². The van der Waals surface area contributed by atoms with Gasteiger partial charge in [0.25, 0.3) is 5.91 Å². The van der Waals surface area contributed by atoms with Crippen LogP contribution in [0.25, 0.3) is 0 Å². The third kappa shape index (κ3) is 2.83. The second-order valence-electron chi connectivity index (χ2n) is 6.38. The van der Waals surface area contributed by atoms with Crippen molar-refractivity contribution in [3.05, 3.63) is 29.8 Å². The van der Waals surface area contributed by atoms with Gasteiger partial charge in [0.15, 0.2) is 0 Å². The van der Waals surface area contributed by atoms with Crippen LogP contribution in [-0.2, 0) is 16.1 Å². The number of nitrogens with zero attached hydrogens (tertiary/aromatic N) is 2. The van der Waals surface area contributed by atoms with Crippen molar-refractivity contribution >= 4 is 11.6 Å². The summed E-state index contributed by atoms with van der Waals surface area (Å²) < 4.78 is 5.80. The van der Waals surface area contributed by atoms with Crippen LogP contribution in [0.3, 0.4) is 0 Å². The first-order valence-corrected chi connectivity index (χ1v) is 8.05. The molecule has 0 aliphatic carbocycles. The summed E-state index contributed by atoms with van der Waals surface area (Å²) in [6.07, 6.45) is 1.37. The maximum Gasteiger partial charge on any atom is 0.252 e. The Kier molecular flexibility index (Phi) is 4.36. The van der Waals surface area contributed by atoms with E-state index in [0.29, 0.717) is 13.1 Å². The fraction of sp³-hybridized carbons (Fsp3) is 0.588. The van der Waals surface area contributed by atoms with Crippen LogP contribution in [0, 0.1) is 0 Å². The molecule has 120 valence electrons. The van der Waals surface area contributed by atoms with E-state index >= 15 is 0 Å². The average molecular weight is 303 g/mol. The third-order valence-corrected chi connectivity index (χ3v) is 4.74. The van der Waals surface area contributed by atoms with Gasteiger partial charge in [-0.2, -0.15) is 0 Å². The molecule has 2 aliphatic rings. The Morgan fingerprint density at radius 1 is 1.36 bits per heavy atom. The zero-order valence-corrected chi connectivity index (χ0v) is 13.4. The molecule has 1 aromatic carbocycles. The SMILES string of the molecule is CC1CN(C)c2ccccc2CN1C(=O)[C@@H]1CC[C@H](CN)O1. The minimum absolute atomic E-state index is 0.0335. The van der Waals surface area contributed by atoms with Crippen molar-refractivity contribution in [3.63, 3.8) is 0 Å². The molecule has 2 N–H and O–H groups in total. The van der Waals surface area contributed by atoms with E-state index < -0.39 is 0 Å². The fourth-order valence-electron chi connectivity index (χ4n) is 3.49. The molecule has 1 fully saturated rings. The summed E-state index contributed by atoms with van der Waals surface area (Å²) in [5.41, 5.74) is 8.05. The highest BCUT2D eigenvalue weighted by Gasteiger charge is 2.36. The number of amides is 1. The van der Waals surface area contributed by atoms with Gasteiger partial charge in [0.05, 0.1) is 6.10 Å². The molecule has 22 heavy (non-hydrogen) atoms. The largest absolute Gasteiger partial charge is 0.372 e. The highest BCUT2D eigenvalue weighted by Crippen LogP contribution is 2.28. The standard InChI is InChI=1S/C17H25N3O2/c1-12-10-19(2)15-6-4-3-5-13(15)11-20(12)17(21)16-8-7-14(9-18)22-16/h3-6,12,14,16H,7-11,18H2,1-2H3/t12?,14-,16+/m1/s1. The predicted octanol–water partition coefficient (Wildman–Crippen LogP) is 1.36. The Hall–Kier alpha value is -1.59. The van der Waals surface area contributed by atoms with Crippen LogP contribution in [0.5, 0.6) is 0 Å². The van der Waals surface area contributed by atoms with Crippen molar-refractivity contribution in [2.45, 2.75) is 44.6 Å². The molecule has 3 rings (SSSR count). The Morgan fingerprint density at radius 3 is 2.86 bits per heavy atom. The van der Waals surface area contributed by atoms with Gasteiger partial charge in [0.2, 0.25) is 0 Å². The maximum atomic E-state index is 12.9. The summed E-state index contributed by atoms with van der Waals surface area (Å²) in [6, 6.07) is 8.45. The number of anilines is 1. The lowest BCUT2D eigenvalue weighted by atomic mass is 10.1. The molecule has 0 bridgehead atoms. The molecular weight excluding hydrogens is 278 g/mol. The van der Waals surface area contributed by atoms with Crippen molar-refractivity contribution < 1.29 is 9.53 Å². The minimum atomic E-state index is -0.327. The van der Waals surface area contributed by atoms with Gasteiger partial charge >= 0.3 is 0 Å². The lowest BCUT2D eigenvalue weighted by Crippen LogP contribution is -2.46. The molecule has 3 atom stereocenters. The Labute approximate surface area is 132 Å². The molecule has 1 aromatic rings. The predicted molar refractivity (Wildman–Crippen MR) is 86.7 cm³/mol. The molecule has 0 saturated carbocycles. The number of benzene rings is 1. The van der Waals surface area contributed by atoms with Gasteiger partial charge in [0, 0.05) is 38.4 Å². The van der Waals surface area contributed by atoms with E-state index in [4.69, 9.17) is 10.5 Å². The second-order valence-corrected chi connectivity index (χ2v) is 6.38. The number of hydrogen-bond acceptors (Lipinski definition) is 4. The normalized spacial score (nSPS) is 28.4. The van der Waals surface area contributed by atoms with E-state index in [1.807, 2.05) is 17.0 Å². The summed E-state index contributed by atoms with van der Waals surface area (Å²) in [5, 5.41) is 0. The van der Waals surface area contributed by atoms with E-state index in [9.17, 15) is 4.79 Å². The van der Waals surface area contributed by atoms with E-state index in [0.717, 1.165) is 19.4 Å². The molecule has 5 heteroatoms. The highest BCUT2D eigenvalue weighted by molar-refractivity contribution is 5.82. The monoisotopic (exact) mass is 303 g/mol. The topological polar surface area (TPSA) is 58.8 Å². The van der Waals surface area contributed by atoms with Crippen LogP contribution >= 0.6 is 0 Å². The third-order valence-electron chi connectivity index (χ3n) is 4.74. The first kappa shape index (κ1) is 15.3. The van der Waals surface area contributed by atoms with Crippen molar-refractivity contribution in [2.24, 2.45) is 5.73 Å².